The van der Waals surface area contributed by atoms with E-state index in [0.29, 0.717) is 0 Å². The molecule has 0 aromatic carbocycles. The predicted molar refractivity (Wildman–Crippen MR) is 53.0 cm³/mol. The second-order valence-electron chi connectivity index (χ2n) is 3.61. The molecule has 0 spiro atoms. The van der Waals surface area contributed by atoms with Gasteiger partial charge in [-0.25, -0.2) is 0 Å². The number of hydrogen-bond donors (Lipinski definition) is 1. The van der Waals surface area contributed by atoms with Gasteiger partial charge in [0.1, 0.15) is 0 Å². The van der Waals surface area contributed by atoms with Gasteiger partial charge >= 0.3 is 0 Å². The van der Waals surface area contributed by atoms with Crippen molar-refractivity contribution < 1.29 is 9.47 Å². The standard InChI is InChI=1S/C10H21NO2/c1-3-13-8-7-11-9-10(12-2)5-4-6-10/h11H,3-9H2,1-2H3. The maximum Gasteiger partial charge on any atom is 0.0802 e. The van der Waals surface area contributed by atoms with Crippen LogP contribution in [0.15, 0.2) is 0 Å². The average molecular weight is 187 g/mol. The summed E-state index contributed by atoms with van der Waals surface area (Å²) in [6.45, 7) is 5.52. The molecule has 1 aliphatic rings. The van der Waals surface area contributed by atoms with Gasteiger partial charge in [0.15, 0.2) is 0 Å². The van der Waals surface area contributed by atoms with Gasteiger partial charge in [0.2, 0.25) is 0 Å². The zero-order valence-corrected chi connectivity index (χ0v) is 8.77. The molecule has 13 heavy (non-hydrogen) atoms. The summed E-state index contributed by atoms with van der Waals surface area (Å²) in [5.74, 6) is 0. The van der Waals surface area contributed by atoms with Gasteiger partial charge in [-0.1, -0.05) is 0 Å². The van der Waals surface area contributed by atoms with Gasteiger partial charge in [-0.15, -0.1) is 0 Å². The predicted octanol–water partition coefficient (Wildman–Crippen LogP) is 1.18. The maximum absolute atomic E-state index is 5.48. The Balaban J connectivity index is 1.98. The first-order chi connectivity index (χ1) is 6.33. The third kappa shape index (κ3) is 3.25. The van der Waals surface area contributed by atoms with Gasteiger partial charge in [0.05, 0.1) is 12.2 Å². The Kier molecular flexibility index (Phi) is 4.70. The quantitative estimate of drug-likeness (QED) is 0.607. The summed E-state index contributed by atoms with van der Waals surface area (Å²) in [5, 5.41) is 3.36. The lowest BCUT2D eigenvalue weighted by atomic mass is 9.80. The van der Waals surface area contributed by atoms with Crippen LogP contribution in [0.4, 0.5) is 0 Å². The van der Waals surface area contributed by atoms with Gasteiger partial charge in [0, 0.05) is 26.8 Å². The zero-order chi connectivity index (χ0) is 9.57. The van der Waals surface area contributed by atoms with Crippen molar-refractivity contribution in [2.45, 2.75) is 31.8 Å². The van der Waals surface area contributed by atoms with Crippen molar-refractivity contribution in [3.8, 4) is 0 Å². The third-order valence-corrected chi connectivity index (χ3v) is 2.77. The molecule has 1 saturated carbocycles. The van der Waals surface area contributed by atoms with Crippen molar-refractivity contribution in [2.24, 2.45) is 0 Å². The van der Waals surface area contributed by atoms with Crippen molar-refractivity contribution in [1.29, 1.82) is 0 Å². The normalized spacial score (nSPS) is 19.8. The average Bonchev–Trinajstić information content (AvgIpc) is 2.09. The molecule has 3 heteroatoms. The Hall–Kier alpha value is -0.120. The minimum Gasteiger partial charge on any atom is -0.380 e. The minimum atomic E-state index is 0.145. The molecule has 0 aliphatic heterocycles. The van der Waals surface area contributed by atoms with Crippen LogP contribution in [-0.2, 0) is 9.47 Å². The molecule has 0 heterocycles. The van der Waals surface area contributed by atoms with Gasteiger partial charge < -0.3 is 14.8 Å². The maximum atomic E-state index is 5.48. The van der Waals surface area contributed by atoms with Gasteiger partial charge in [0.25, 0.3) is 0 Å². The van der Waals surface area contributed by atoms with E-state index in [1.807, 2.05) is 14.0 Å². The van der Waals surface area contributed by atoms with E-state index in [0.717, 1.165) is 26.3 Å². The highest BCUT2D eigenvalue weighted by Crippen LogP contribution is 2.34. The third-order valence-electron chi connectivity index (χ3n) is 2.77. The molecular formula is C10H21NO2. The van der Waals surface area contributed by atoms with Crippen molar-refractivity contribution >= 4 is 0 Å². The molecule has 0 saturated heterocycles. The van der Waals surface area contributed by atoms with Crippen LogP contribution >= 0.6 is 0 Å². The van der Waals surface area contributed by atoms with E-state index in [1.165, 1.54) is 19.3 Å². The number of rotatable bonds is 7. The fourth-order valence-corrected chi connectivity index (χ4v) is 1.63. The van der Waals surface area contributed by atoms with Crippen LogP contribution in [-0.4, -0.2) is 39.0 Å². The summed E-state index contributed by atoms with van der Waals surface area (Å²) < 4.78 is 10.7. The Bertz CT molecular complexity index is 129. The first-order valence-electron chi connectivity index (χ1n) is 5.16. The van der Waals surface area contributed by atoms with Crippen molar-refractivity contribution in [2.75, 3.05) is 33.4 Å². The number of nitrogens with one attached hydrogen (secondary N) is 1. The lowest BCUT2D eigenvalue weighted by Gasteiger charge is -2.40. The number of ether oxygens (including phenoxy) is 2. The Morgan fingerprint density at radius 1 is 1.38 bits per heavy atom. The van der Waals surface area contributed by atoms with Crippen LogP contribution in [0.25, 0.3) is 0 Å². The van der Waals surface area contributed by atoms with Crippen LogP contribution in [0.3, 0.4) is 0 Å². The second kappa shape index (κ2) is 5.58. The SMILES string of the molecule is CCOCCNCC1(OC)CCC1. The van der Waals surface area contributed by atoms with E-state index >= 15 is 0 Å². The molecule has 0 amide bonds. The highest BCUT2D eigenvalue weighted by Gasteiger charge is 2.36. The molecule has 0 aromatic rings. The molecule has 1 rings (SSSR count). The zero-order valence-electron chi connectivity index (χ0n) is 8.77. The summed E-state index contributed by atoms with van der Waals surface area (Å²) in [6, 6.07) is 0. The Morgan fingerprint density at radius 3 is 2.62 bits per heavy atom. The van der Waals surface area contributed by atoms with E-state index < -0.39 is 0 Å². The largest absolute Gasteiger partial charge is 0.380 e. The van der Waals surface area contributed by atoms with Gasteiger partial charge in [-0.2, -0.15) is 0 Å². The van der Waals surface area contributed by atoms with Crippen LogP contribution in [0.2, 0.25) is 0 Å². The molecule has 78 valence electrons. The van der Waals surface area contributed by atoms with Crippen molar-refractivity contribution in [3.05, 3.63) is 0 Å². The summed E-state index contributed by atoms with van der Waals surface area (Å²) in [6.07, 6.45) is 3.71. The van der Waals surface area contributed by atoms with E-state index in [1.54, 1.807) is 0 Å². The second-order valence-corrected chi connectivity index (χ2v) is 3.61. The molecule has 0 unspecified atom stereocenters. The molecule has 0 atom stereocenters. The molecule has 0 aromatic heterocycles. The highest BCUT2D eigenvalue weighted by atomic mass is 16.5. The first kappa shape index (κ1) is 11.0. The highest BCUT2D eigenvalue weighted by molar-refractivity contribution is 4.91. The summed E-state index contributed by atoms with van der Waals surface area (Å²) in [4.78, 5) is 0. The summed E-state index contributed by atoms with van der Waals surface area (Å²) in [7, 11) is 1.81. The smallest absolute Gasteiger partial charge is 0.0802 e. The van der Waals surface area contributed by atoms with E-state index in [-0.39, 0.29) is 5.60 Å². The fraction of sp³-hybridized carbons (Fsp3) is 1.00. The number of methoxy groups -OCH3 is 1. The summed E-state index contributed by atoms with van der Waals surface area (Å²) in [5.41, 5.74) is 0.145. The van der Waals surface area contributed by atoms with Gasteiger partial charge in [-0.05, 0) is 26.2 Å². The van der Waals surface area contributed by atoms with Crippen LogP contribution < -0.4 is 5.32 Å². The van der Waals surface area contributed by atoms with Gasteiger partial charge in [-0.3, -0.25) is 0 Å². The van der Waals surface area contributed by atoms with Crippen LogP contribution in [0.1, 0.15) is 26.2 Å². The molecular weight excluding hydrogens is 166 g/mol. The Morgan fingerprint density at radius 2 is 2.15 bits per heavy atom. The fourth-order valence-electron chi connectivity index (χ4n) is 1.63. The molecule has 0 radical (unpaired) electrons. The van der Waals surface area contributed by atoms with Crippen molar-refractivity contribution in [1.82, 2.24) is 5.32 Å². The van der Waals surface area contributed by atoms with Crippen LogP contribution in [0, 0.1) is 0 Å². The summed E-state index contributed by atoms with van der Waals surface area (Å²) >= 11 is 0. The Labute approximate surface area is 80.8 Å². The minimum absolute atomic E-state index is 0.145. The lowest BCUT2D eigenvalue weighted by Crippen LogP contribution is -2.48. The topological polar surface area (TPSA) is 30.5 Å². The van der Waals surface area contributed by atoms with Crippen molar-refractivity contribution in [3.63, 3.8) is 0 Å². The molecule has 3 nitrogen and oxygen atoms in total. The molecule has 1 aliphatic carbocycles. The lowest BCUT2D eigenvalue weighted by molar-refractivity contribution is -0.0698. The van der Waals surface area contributed by atoms with E-state index in [4.69, 9.17) is 9.47 Å². The first-order valence-corrected chi connectivity index (χ1v) is 5.16. The van der Waals surface area contributed by atoms with Crippen LogP contribution in [0.5, 0.6) is 0 Å². The monoisotopic (exact) mass is 187 g/mol. The number of hydrogen-bond acceptors (Lipinski definition) is 3. The molecule has 1 N–H and O–H groups in total. The molecule has 0 bridgehead atoms. The molecule has 1 fully saturated rings. The van der Waals surface area contributed by atoms with E-state index in [2.05, 4.69) is 5.32 Å². The van der Waals surface area contributed by atoms with E-state index in [9.17, 15) is 0 Å².